The third-order valence-corrected chi connectivity index (χ3v) is 4.38. The van der Waals surface area contributed by atoms with Gasteiger partial charge in [-0.3, -0.25) is 9.69 Å². The fourth-order valence-corrected chi connectivity index (χ4v) is 3.33. The molecule has 0 bridgehead atoms. The molecule has 0 saturated carbocycles. The summed E-state index contributed by atoms with van der Waals surface area (Å²) < 4.78 is 19.9. The first-order chi connectivity index (χ1) is 13.9. The minimum absolute atomic E-state index is 0.354. The van der Waals surface area contributed by atoms with E-state index in [0.717, 1.165) is 21.1 Å². The zero-order valence-corrected chi connectivity index (χ0v) is 19.4. The largest absolute Gasteiger partial charge is 0.467 e. The maximum Gasteiger partial charge on any atom is 0.346 e. The Labute approximate surface area is 180 Å². The van der Waals surface area contributed by atoms with E-state index in [-0.39, 0.29) is 0 Å². The normalized spacial score (nSPS) is 21.0. The summed E-state index contributed by atoms with van der Waals surface area (Å²) in [6.45, 7) is 10.2. The van der Waals surface area contributed by atoms with Gasteiger partial charge in [0.2, 0.25) is 11.9 Å². The van der Waals surface area contributed by atoms with E-state index >= 15 is 0 Å². The maximum atomic E-state index is 13.0. The van der Waals surface area contributed by atoms with Crippen LogP contribution in [0, 0.1) is 0 Å². The van der Waals surface area contributed by atoms with Crippen LogP contribution in [-0.4, -0.2) is 82.4 Å². The molecule has 11 heteroatoms. The summed E-state index contributed by atoms with van der Waals surface area (Å²) in [5.74, 6) is -6.36. The van der Waals surface area contributed by atoms with Crippen LogP contribution in [-0.2, 0) is 42.9 Å². The van der Waals surface area contributed by atoms with Gasteiger partial charge in [0, 0.05) is 0 Å². The van der Waals surface area contributed by atoms with Gasteiger partial charge in [-0.05, 0) is 48.5 Å². The van der Waals surface area contributed by atoms with Crippen molar-refractivity contribution in [2.45, 2.75) is 83.3 Å². The van der Waals surface area contributed by atoms with Crippen molar-refractivity contribution in [3.05, 3.63) is 0 Å². The van der Waals surface area contributed by atoms with Gasteiger partial charge < -0.3 is 24.1 Å². The van der Waals surface area contributed by atoms with E-state index in [1.807, 2.05) is 0 Å². The lowest BCUT2D eigenvalue weighted by Crippen LogP contribution is -2.72. The summed E-state index contributed by atoms with van der Waals surface area (Å²) in [4.78, 5) is 65.1. The molecule has 0 aromatic heterocycles. The van der Waals surface area contributed by atoms with Crippen molar-refractivity contribution in [1.82, 2.24) is 4.90 Å². The summed E-state index contributed by atoms with van der Waals surface area (Å²) in [5, 5.41) is 11.0. The molecular formula is C20H31NO10. The predicted octanol–water partition coefficient (Wildman–Crippen LogP) is 0.107. The summed E-state index contributed by atoms with van der Waals surface area (Å²) >= 11 is 0. The van der Waals surface area contributed by atoms with Gasteiger partial charge in [0.25, 0.3) is 5.54 Å². The van der Waals surface area contributed by atoms with Crippen LogP contribution in [0.15, 0.2) is 0 Å². The lowest BCUT2D eigenvalue weighted by atomic mass is 9.80. The maximum absolute atomic E-state index is 13.0. The quantitative estimate of drug-likeness (QED) is 0.351. The highest BCUT2D eigenvalue weighted by atomic mass is 16.6. The summed E-state index contributed by atoms with van der Waals surface area (Å²) in [7, 11) is 1.83. The number of ether oxygens (including phenoxy) is 4. The van der Waals surface area contributed by atoms with E-state index in [0.29, 0.717) is 4.90 Å². The van der Waals surface area contributed by atoms with Crippen molar-refractivity contribution in [2.75, 3.05) is 14.2 Å². The fraction of sp³-hybridized carbons (Fsp3) is 0.750. The van der Waals surface area contributed by atoms with Gasteiger partial charge in [0.1, 0.15) is 16.8 Å². The minimum Gasteiger partial charge on any atom is -0.467 e. The number of methoxy groups -OCH3 is 2. The fourth-order valence-electron chi connectivity index (χ4n) is 3.33. The molecule has 1 amide bonds. The molecule has 11 nitrogen and oxygen atoms in total. The molecule has 31 heavy (non-hydrogen) atoms. The molecule has 1 N–H and O–H groups in total. The van der Waals surface area contributed by atoms with Crippen molar-refractivity contribution in [3.8, 4) is 0 Å². The van der Waals surface area contributed by atoms with Crippen LogP contribution < -0.4 is 0 Å². The Morgan fingerprint density at radius 1 is 0.903 bits per heavy atom. The summed E-state index contributed by atoms with van der Waals surface area (Å²) in [6, 6.07) is -2.20. The van der Waals surface area contributed by atoms with Crippen molar-refractivity contribution in [2.24, 2.45) is 0 Å². The Kier molecular flexibility index (Phi) is 7.18. The average Bonchev–Trinajstić information content (AvgIpc) is 2.76. The Morgan fingerprint density at radius 3 is 1.55 bits per heavy atom. The standard InChI is InChI=1S/C20H31NO10/c1-17(2,3)30-13(23)12(14(24)31-18(4,5)6)21-11(22)10-19(7,27)20(21,15(25)28-8)16(26)29-9/h12,27H,10H2,1-9H3. The second-order valence-electron chi connectivity index (χ2n) is 9.38. The van der Waals surface area contributed by atoms with Crippen LogP contribution in [0.3, 0.4) is 0 Å². The van der Waals surface area contributed by atoms with Crippen LogP contribution in [0.5, 0.6) is 0 Å². The number of aliphatic hydroxyl groups is 1. The smallest absolute Gasteiger partial charge is 0.346 e. The first-order valence-corrected chi connectivity index (χ1v) is 9.53. The van der Waals surface area contributed by atoms with Crippen molar-refractivity contribution in [1.29, 1.82) is 0 Å². The number of carbonyl (C=O) groups excluding carboxylic acids is 5. The second-order valence-corrected chi connectivity index (χ2v) is 9.38. The van der Waals surface area contributed by atoms with Crippen molar-refractivity contribution >= 4 is 29.8 Å². The molecule has 0 aromatic carbocycles. The zero-order valence-electron chi connectivity index (χ0n) is 19.4. The van der Waals surface area contributed by atoms with Crippen molar-refractivity contribution < 1.29 is 48.0 Å². The van der Waals surface area contributed by atoms with Gasteiger partial charge in [-0.1, -0.05) is 0 Å². The van der Waals surface area contributed by atoms with Crippen LogP contribution in [0.4, 0.5) is 0 Å². The molecule has 1 aliphatic rings. The molecule has 1 rings (SSSR count). The number of likely N-dealkylation sites (tertiary alicyclic amines) is 1. The van der Waals surface area contributed by atoms with Gasteiger partial charge in [0.15, 0.2) is 0 Å². The summed E-state index contributed by atoms with van der Waals surface area (Å²) in [6.07, 6.45) is -0.778. The number of hydrogen-bond donors (Lipinski definition) is 1. The molecule has 176 valence electrons. The molecule has 1 saturated heterocycles. The van der Waals surface area contributed by atoms with E-state index in [1.165, 1.54) is 41.5 Å². The highest BCUT2D eigenvalue weighted by molar-refractivity contribution is 6.15. The lowest BCUT2D eigenvalue weighted by molar-refractivity contribution is -0.196. The van der Waals surface area contributed by atoms with E-state index < -0.39 is 64.6 Å². The third-order valence-electron chi connectivity index (χ3n) is 4.38. The first kappa shape index (κ1) is 26.3. The minimum atomic E-state index is -2.86. The van der Waals surface area contributed by atoms with Gasteiger partial charge in [0.05, 0.1) is 20.6 Å². The highest BCUT2D eigenvalue weighted by Gasteiger charge is 2.74. The third kappa shape index (κ3) is 4.97. The van der Waals surface area contributed by atoms with Crippen LogP contribution in [0.2, 0.25) is 0 Å². The molecule has 1 fully saturated rings. The van der Waals surface area contributed by atoms with Gasteiger partial charge >= 0.3 is 23.9 Å². The van der Waals surface area contributed by atoms with Crippen LogP contribution in [0.1, 0.15) is 54.9 Å². The Balaban J connectivity index is 3.84. The zero-order chi connectivity index (χ0) is 24.6. The Hall–Kier alpha value is -2.69. The molecular weight excluding hydrogens is 414 g/mol. The highest BCUT2D eigenvalue weighted by Crippen LogP contribution is 2.43. The molecule has 1 heterocycles. The van der Waals surface area contributed by atoms with Crippen molar-refractivity contribution in [3.63, 3.8) is 0 Å². The predicted molar refractivity (Wildman–Crippen MR) is 104 cm³/mol. The monoisotopic (exact) mass is 445 g/mol. The van der Waals surface area contributed by atoms with Gasteiger partial charge in [-0.15, -0.1) is 0 Å². The van der Waals surface area contributed by atoms with E-state index in [2.05, 4.69) is 9.47 Å². The number of amides is 1. The summed E-state index contributed by atoms with van der Waals surface area (Å²) in [5.41, 5.74) is -7.43. The van der Waals surface area contributed by atoms with Crippen LogP contribution >= 0.6 is 0 Å². The molecule has 0 aromatic rings. The number of nitrogens with zero attached hydrogens (tertiary/aromatic N) is 1. The number of esters is 4. The number of carbonyl (C=O) groups is 5. The molecule has 0 aliphatic carbocycles. The molecule has 0 spiro atoms. The van der Waals surface area contributed by atoms with Crippen LogP contribution in [0.25, 0.3) is 0 Å². The molecule has 1 unspecified atom stereocenters. The number of rotatable bonds is 5. The molecule has 0 radical (unpaired) electrons. The van der Waals surface area contributed by atoms with E-state index in [4.69, 9.17) is 9.47 Å². The van der Waals surface area contributed by atoms with E-state index in [1.54, 1.807) is 0 Å². The molecule has 1 aliphatic heterocycles. The first-order valence-electron chi connectivity index (χ1n) is 9.53. The molecule has 1 atom stereocenters. The lowest BCUT2D eigenvalue weighted by Gasteiger charge is -2.42. The second kappa shape index (κ2) is 8.45. The SMILES string of the molecule is COC(=O)C1(C(=O)OC)N(C(C(=O)OC(C)(C)C)C(=O)OC(C)(C)C)C(=O)CC1(C)O. The number of hydrogen-bond acceptors (Lipinski definition) is 10. The Bertz CT molecular complexity index is 728. The van der Waals surface area contributed by atoms with Gasteiger partial charge in [-0.2, -0.15) is 0 Å². The van der Waals surface area contributed by atoms with E-state index in [9.17, 15) is 29.1 Å². The van der Waals surface area contributed by atoms with Gasteiger partial charge in [-0.25, -0.2) is 19.2 Å². The topological polar surface area (TPSA) is 146 Å². The Morgan fingerprint density at radius 2 is 1.26 bits per heavy atom. The average molecular weight is 445 g/mol.